The summed E-state index contributed by atoms with van der Waals surface area (Å²) < 4.78 is 14.9. The van der Waals surface area contributed by atoms with Gasteiger partial charge in [0.1, 0.15) is 5.82 Å². The van der Waals surface area contributed by atoms with Crippen LogP contribution in [0.5, 0.6) is 0 Å². The minimum absolute atomic E-state index is 0.101. The van der Waals surface area contributed by atoms with Crippen LogP contribution in [-0.4, -0.2) is 28.3 Å². The van der Waals surface area contributed by atoms with Crippen molar-refractivity contribution in [2.24, 2.45) is 0 Å². The SMILES string of the molecule is Cc1cccc(N(C)C(=O)CSc2nc3ccccc3c(=O)n2Cc2ccc(F)cc2)c1. The molecule has 4 aromatic rings. The van der Waals surface area contributed by atoms with Gasteiger partial charge in [-0.2, -0.15) is 0 Å². The Hall–Kier alpha value is -3.45. The number of amides is 1. The Morgan fingerprint density at radius 1 is 1.06 bits per heavy atom. The van der Waals surface area contributed by atoms with Gasteiger partial charge in [0.2, 0.25) is 5.91 Å². The van der Waals surface area contributed by atoms with Crippen molar-refractivity contribution in [2.75, 3.05) is 17.7 Å². The van der Waals surface area contributed by atoms with E-state index in [0.29, 0.717) is 16.1 Å². The van der Waals surface area contributed by atoms with Crippen LogP contribution in [0.3, 0.4) is 0 Å². The molecule has 0 fully saturated rings. The van der Waals surface area contributed by atoms with Crippen LogP contribution < -0.4 is 10.5 Å². The second-order valence-corrected chi connectivity index (χ2v) is 8.45. The second kappa shape index (κ2) is 9.36. The first-order valence-electron chi connectivity index (χ1n) is 10.1. The summed E-state index contributed by atoms with van der Waals surface area (Å²) in [5, 5.41) is 0.950. The van der Waals surface area contributed by atoms with Crippen LogP contribution in [-0.2, 0) is 11.3 Å². The molecule has 1 aromatic heterocycles. The van der Waals surface area contributed by atoms with Crippen LogP contribution in [0.4, 0.5) is 10.1 Å². The van der Waals surface area contributed by atoms with E-state index < -0.39 is 0 Å². The Morgan fingerprint density at radius 3 is 2.56 bits per heavy atom. The third-order valence-electron chi connectivity index (χ3n) is 5.17. The first-order valence-corrected chi connectivity index (χ1v) is 11.1. The highest BCUT2D eigenvalue weighted by Gasteiger charge is 2.16. The van der Waals surface area contributed by atoms with Crippen molar-refractivity contribution >= 4 is 34.3 Å². The number of nitrogens with zero attached hydrogens (tertiary/aromatic N) is 3. The Bertz CT molecular complexity index is 1340. The Labute approximate surface area is 189 Å². The van der Waals surface area contributed by atoms with E-state index in [1.807, 2.05) is 37.3 Å². The lowest BCUT2D eigenvalue weighted by Gasteiger charge is -2.18. The van der Waals surface area contributed by atoms with Crippen molar-refractivity contribution in [3.8, 4) is 0 Å². The topological polar surface area (TPSA) is 55.2 Å². The van der Waals surface area contributed by atoms with Gasteiger partial charge in [-0.25, -0.2) is 9.37 Å². The molecule has 0 aliphatic carbocycles. The quantitative estimate of drug-likeness (QED) is 0.319. The lowest BCUT2D eigenvalue weighted by Crippen LogP contribution is -2.29. The summed E-state index contributed by atoms with van der Waals surface area (Å²) in [6.07, 6.45) is 0. The second-order valence-electron chi connectivity index (χ2n) is 7.51. The normalized spacial score (nSPS) is 11.0. The number of aryl methyl sites for hydroxylation is 1. The summed E-state index contributed by atoms with van der Waals surface area (Å²) >= 11 is 1.22. The van der Waals surface area contributed by atoms with Gasteiger partial charge in [-0.3, -0.25) is 14.2 Å². The molecule has 1 heterocycles. The molecule has 0 radical (unpaired) electrons. The summed E-state index contributed by atoms with van der Waals surface area (Å²) in [5.74, 6) is -0.313. The number of carbonyl (C=O) groups excluding carboxylic acids is 1. The van der Waals surface area contributed by atoms with E-state index in [1.54, 1.807) is 46.8 Å². The van der Waals surface area contributed by atoms with Gasteiger partial charge in [0.15, 0.2) is 5.16 Å². The molecule has 0 aliphatic rings. The molecule has 0 N–H and O–H groups in total. The van der Waals surface area contributed by atoms with Crippen LogP contribution >= 0.6 is 11.8 Å². The van der Waals surface area contributed by atoms with Gasteiger partial charge >= 0.3 is 0 Å². The molecule has 1 amide bonds. The van der Waals surface area contributed by atoms with Crippen LogP contribution in [0, 0.1) is 12.7 Å². The molecular formula is C25H22FN3O2S. The van der Waals surface area contributed by atoms with Gasteiger partial charge in [0, 0.05) is 12.7 Å². The van der Waals surface area contributed by atoms with Crippen molar-refractivity contribution in [3.05, 3.63) is 100 Å². The molecule has 3 aromatic carbocycles. The van der Waals surface area contributed by atoms with Crippen LogP contribution in [0.1, 0.15) is 11.1 Å². The molecule has 0 unspecified atom stereocenters. The number of carbonyl (C=O) groups is 1. The van der Waals surface area contributed by atoms with Gasteiger partial charge in [-0.1, -0.05) is 48.2 Å². The molecular weight excluding hydrogens is 425 g/mol. The molecule has 0 atom stereocenters. The largest absolute Gasteiger partial charge is 0.315 e. The molecule has 4 rings (SSSR count). The molecule has 0 saturated carbocycles. The molecule has 0 spiro atoms. The Morgan fingerprint density at radius 2 is 1.81 bits per heavy atom. The van der Waals surface area contributed by atoms with Crippen molar-refractivity contribution in [1.82, 2.24) is 9.55 Å². The fraction of sp³-hybridized carbons (Fsp3) is 0.160. The first kappa shape index (κ1) is 21.8. The maximum atomic E-state index is 13.3. The molecule has 0 aliphatic heterocycles. The predicted molar refractivity (Wildman–Crippen MR) is 127 cm³/mol. The lowest BCUT2D eigenvalue weighted by atomic mass is 10.2. The van der Waals surface area contributed by atoms with Gasteiger partial charge in [0.25, 0.3) is 5.56 Å². The van der Waals surface area contributed by atoms with Crippen LogP contribution in [0.2, 0.25) is 0 Å². The number of fused-ring (bicyclic) bond motifs is 1. The number of hydrogen-bond donors (Lipinski definition) is 0. The summed E-state index contributed by atoms with van der Waals surface area (Å²) in [4.78, 5) is 32.3. The monoisotopic (exact) mass is 447 g/mol. The third kappa shape index (κ3) is 4.73. The van der Waals surface area contributed by atoms with E-state index >= 15 is 0 Å². The lowest BCUT2D eigenvalue weighted by molar-refractivity contribution is -0.115. The van der Waals surface area contributed by atoms with Crippen LogP contribution in [0.15, 0.2) is 82.7 Å². The standard InChI is InChI=1S/C25H22FN3O2S/c1-17-6-5-7-20(14-17)28(2)23(30)16-32-25-27-22-9-4-3-8-21(22)24(31)29(25)15-18-10-12-19(26)13-11-18/h3-14H,15-16H2,1-2H3. The van der Waals surface area contributed by atoms with Crippen molar-refractivity contribution < 1.29 is 9.18 Å². The number of anilines is 1. The highest BCUT2D eigenvalue weighted by Crippen LogP contribution is 2.21. The minimum atomic E-state index is -0.336. The van der Waals surface area contributed by atoms with E-state index in [-0.39, 0.29) is 29.6 Å². The highest BCUT2D eigenvalue weighted by atomic mass is 32.2. The average molecular weight is 448 g/mol. The fourth-order valence-corrected chi connectivity index (χ4v) is 4.29. The predicted octanol–water partition coefficient (Wildman–Crippen LogP) is 4.65. The number of hydrogen-bond acceptors (Lipinski definition) is 4. The van der Waals surface area contributed by atoms with Gasteiger partial charge < -0.3 is 4.90 Å². The van der Waals surface area contributed by atoms with E-state index in [0.717, 1.165) is 16.8 Å². The highest BCUT2D eigenvalue weighted by molar-refractivity contribution is 7.99. The summed E-state index contributed by atoms with van der Waals surface area (Å²) in [7, 11) is 1.73. The van der Waals surface area contributed by atoms with Gasteiger partial charge in [-0.15, -0.1) is 0 Å². The maximum Gasteiger partial charge on any atom is 0.262 e. The van der Waals surface area contributed by atoms with E-state index in [4.69, 9.17) is 0 Å². The Kier molecular flexibility index (Phi) is 6.37. The summed E-state index contributed by atoms with van der Waals surface area (Å²) in [6, 6.07) is 20.9. The number of aromatic nitrogens is 2. The molecule has 0 bridgehead atoms. The van der Waals surface area contributed by atoms with E-state index in [2.05, 4.69) is 4.98 Å². The molecule has 162 valence electrons. The first-order chi connectivity index (χ1) is 15.4. The number of rotatable bonds is 6. The van der Waals surface area contributed by atoms with Gasteiger partial charge in [0.05, 0.1) is 23.2 Å². The zero-order valence-corrected chi connectivity index (χ0v) is 18.6. The zero-order chi connectivity index (χ0) is 22.7. The number of para-hydroxylation sites is 1. The zero-order valence-electron chi connectivity index (χ0n) is 17.8. The summed E-state index contributed by atoms with van der Waals surface area (Å²) in [5.41, 5.74) is 3.04. The fourth-order valence-electron chi connectivity index (χ4n) is 3.37. The van der Waals surface area contributed by atoms with Crippen molar-refractivity contribution in [1.29, 1.82) is 0 Å². The number of benzene rings is 3. The molecule has 5 nitrogen and oxygen atoms in total. The minimum Gasteiger partial charge on any atom is -0.315 e. The molecule has 32 heavy (non-hydrogen) atoms. The average Bonchev–Trinajstić information content (AvgIpc) is 2.80. The summed E-state index contributed by atoms with van der Waals surface area (Å²) in [6.45, 7) is 2.21. The van der Waals surface area contributed by atoms with E-state index in [1.165, 1.54) is 23.9 Å². The molecule has 0 saturated heterocycles. The number of halogens is 1. The Balaban J connectivity index is 1.64. The third-order valence-corrected chi connectivity index (χ3v) is 6.13. The van der Waals surface area contributed by atoms with Crippen molar-refractivity contribution in [2.45, 2.75) is 18.6 Å². The molecule has 7 heteroatoms. The van der Waals surface area contributed by atoms with Crippen LogP contribution in [0.25, 0.3) is 10.9 Å². The van der Waals surface area contributed by atoms with Crippen molar-refractivity contribution in [3.63, 3.8) is 0 Å². The van der Waals surface area contributed by atoms with Gasteiger partial charge in [-0.05, 0) is 54.4 Å². The number of thioether (sulfide) groups is 1. The maximum absolute atomic E-state index is 13.3. The van der Waals surface area contributed by atoms with E-state index in [9.17, 15) is 14.0 Å². The smallest absolute Gasteiger partial charge is 0.262 e.